The van der Waals surface area contributed by atoms with E-state index in [1.165, 1.54) is 0 Å². The van der Waals surface area contributed by atoms with E-state index in [-0.39, 0.29) is 0 Å². The Morgan fingerprint density at radius 3 is 2.11 bits per heavy atom. The number of Topliss-reactive ketones (excluding diaryl/α,β-unsaturated/α-hetero) is 1. The third kappa shape index (κ3) is 2.55. The molecule has 0 fully saturated rings. The molecule has 0 aliphatic rings. The van der Waals surface area contributed by atoms with Crippen LogP contribution in [0.4, 0.5) is 0 Å². The van der Waals surface area contributed by atoms with Gasteiger partial charge < -0.3 is 15.3 Å². The quantitative estimate of drug-likeness (QED) is 0.429. The van der Waals surface area contributed by atoms with E-state index in [9.17, 15) is 4.79 Å². The normalized spacial score (nSPS) is 16.9. The second-order valence-corrected chi connectivity index (χ2v) is 1.81. The Morgan fingerprint density at radius 1 is 1.56 bits per heavy atom. The highest BCUT2D eigenvalue weighted by molar-refractivity contribution is 5.80. The molecule has 0 saturated heterocycles. The Kier molecular flexibility index (Phi) is 3.37. The topological polar surface area (TPSA) is 77.8 Å². The summed E-state index contributed by atoms with van der Waals surface area (Å²) < 4.78 is 0. The summed E-state index contributed by atoms with van der Waals surface area (Å²) in [6.45, 7) is 0.546. The summed E-state index contributed by atoms with van der Waals surface area (Å²) in [6.07, 6.45) is -2.79. The largest absolute Gasteiger partial charge is 0.394 e. The molecule has 9 heavy (non-hydrogen) atoms. The summed E-state index contributed by atoms with van der Waals surface area (Å²) >= 11 is 0. The van der Waals surface area contributed by atoms with Crippen LogP contribution in [0.3, 0.4) is 0 Å². The maximum atomic E-state index is 10.2. The lowest BCUT2D eigenvalue weighted by Gasteiger charge is -2.10. The van der Waals surface area contributed by atoms with E-state index < -0.39 is 24.6 Å². The van der Waals surface area contributed by atoms with Crippen LogP contribution in [0.15, 0.2) is 0 Å². The molecule has 0 aliphatic heterocycles. The molecule has 0 saturated carbocycles. The zero-order valence-corrected chi connectivity index (χ0v) is 5.11. The molecular formula is C5H10O4. The van der Waals surface area contributed by atoms with Crippen LogP contribution in [0.25, 0.3) is 0 Å². The average Bonchev–Trinajstić information content (AvgIpc) is 1.84. The van der Waals surface area contributed by atoms with E-state index in [1.54, 1.807) is 0 Å². The number of carbonyl (C=O) groups excluding carboxylic acids is 1. The van der Waals surface area contributed by atoms with E-state index in [0.717, 1.165) is 6.92 Å². The molecule has 0 aromatic rings. The number of hydrogen-bond donors (Lipinski definition) is 3. The molecule has 0 aromatic carbocycles. The fourth-order valence-corrected chi connectivity index (χ4v) is 0.371. The van der Waals surface area contributed by atoms with E-state index >= 15 is 0 Å². The fourth-order valence-electron chi connectivity index (χ4n) is 0.371. The fraction of sp³-hybridized carbons (Fsp3) is 0.800. The van der Waals surface area contributed by atoms with Gasteiger partial charge in [0, 0.05) is 0 Å². The van der Waals surface area contributed by atoms with Crippen molar-refractivity contribution in [3.63, 3.8) is 0 Å². The average molecular weight is 134 g/mol. The predicted octanol–water partition coefficient (Wildman–Crippen LogP) is -1.71. The Balaban J connectivity index is 3.72. The Morgan fingerprint density at radius 2 is 2.00 bits per heavy atom. The summed E-state index contributed by atoms with van der Waals surface area (Å²) in [7, 11) is 0. The molecule has 4 heteroatoms. The smallest absolute Gasteiger partial charge is 0.160 e. The minimum atomic E-state index is -1.45. The van der Waals surface area contributed by atoms with Gasteiger partial charge in [-0.05, 0) is 6.92 Å². The van der Waals surface area contributed by atoms with Crippen molar-refractivity contribution < 1.29 is 20.1 Å². The maximum Gasteiger partial charge on any atom is 0.160 e. The van der Waals surface area contributed by atoms with Crippen LogP contribution in [0.2, 0.25) is 0 Å². The van der Waals surface area contributed by atoms with E-state index in [0.29, 0.717) is 0 Å². The highest BCUT2D eigenvalue weighted by atomic mass is 16.4. The van der Waals surface area contributed by atoms with Crippen LogP contribution in [-0.4, -0.2) is 39.9 Å². The van der Waals surface area contributed by atoms with Crippen LogP contribution in [0, 0.1) is 0 Å². The molecule has 4 nitrogen and oxygen atoms in total. The lowest BCUT2D eigenvalue weighted by Crippen LogP contribution is -2.34. The Bertz CT molecular complexity index is 101. The number of ketones is 1. The molecule has 1 unspecified atom stereocenters. The first-order valence-electron chi connectivity index (χ1n) is 2.57. The number of aliphatic hydroxyl groups is 3. The van der Waals surface area contributed by atoms with Crippen molar-refractivity contribution >= 4 is 5.78 Å². The zero-order valence-electron chi connectivity index (χ0n) is 5.11. The van der Waals surface area contributed by atoms with Crippen LogP contribution >= 0.6 is 0 Å². The van der Waals surface area contributed by atoms with Crippen molar-refractivity contribution in [1.29, 1.82) is 0 Å². The second-order valence-electron chi connectivity index (χ2n) is 1.81. The van der Waals surface area contributed by atoms with Crippen molar-refractivity contribution in [3.05, 3.63) is 0 Å². The Labute approximate surface area is 52.7 Å². The summed E-state index contributed by atoms with van der Waals surface area (Å²) in [5.74, 6) is -0.545. The van der Waals surface area contributed by atoms with Gasteiger partial charge >= 0.3 is 0 Å². The van der Waals surface area contributed by atoms with Gasteiger partial charge in [-0.1, -0.05) is 0 Å². The van der Waals surface area contributed by atoms with Crippen LogP contribution in [-0.2, 0) is 4.79 Å². The molecule has 0 bridgehead atoms. The second kappa shape index (κ2) is 3.55. The van der Waals surface area contributed by atoms with Gasteiger partial charge in [0.2, 0.25) is 0 Å². The summed E-state index contributed by atoms with van der Waals surface area (Å²) in [4.78, 5) is 10.2. The number of aliphatic hydroxyl groups excluding tert-OH is 3. The Hall–Kier alpha value is -0.450. The molecule has 0 aromatic heterocycles. The maximum absolute atomic E-state index is 10.2. The van der Waals surface area contributed by atoms with Crippen molar-refractivity contribution in [2.45, 2.75) is 19.1 Å². The molecule has 0 amide bonds. The SMILES string of the molecule is CC(=O)[C@@H](O)C(O)CO. The van der Waals surface area contributed by atoms with Crippen LogP contribution in [0.5, 0.6) is 0 Å². The minimum Gasteiger partial charge on any atom is -0.394 e. The van der Waals surface area contributed by atoms with Gasteiger partial charge in [-0.3, -0.25) is 4.79 Å². The first-order valence-corrected chi connectivity index (χ1v) is 2.57. The van der Waals surface area contributed by atoms with Gasteiger partial charge in [-0.15, -0.1) is 0 Å². The standard InChI is InChI=1S/C5H10O4/c1-3(7)5(9)4(8)2-6/h4-6,8-9H,2H2,1H3/t4?,5-/m1/s1. The highest BCUT2D eigenvalue weighted by Crippen LogP contribution is 1.92. The van der Waals surface area contributed by atoms with Crippen molar-refractivity contribution in [2.24, 2.45) is 0 Å². The molecule has 0 rings (SSSR count). The summed E-state index contributed by atoms with van der Waals surface area (Å²) in [5.41, 5.74) is 0. The first kappa shape index (κ1) is 8.55. The van der Waals surface area contributed by atoms with Crippen molar-refractivity contribution in [2.75, 3.05) is 6.61 Å². The van der Waals surface area contributed by atoms with Crippen molar-refractivity contribution in [1.82, 2.24) is 0 Å². The monoisotopic (exact) mass is 134 g/mol. The molecule has 3 N–H and O–H groups in total. The van der Waals surface area contributed by atoms with Crippen LogP contribution < -0.4 is 0 Å². The van der Waals surface area contributed by atoms with Gasteiger partial charge in [0.25, 0.3) is 0 Å². The predicted molar refractivity (Wildman–Crippen MR) is 29.8 cm³/mol. The van der Waals surface area contributed by atoms with Gasteiger partial charge in [-0.25, -0.2) is 0 Å². The zero-order chi connectivity index (χ0) is 7.44. The van der Waals surface area contributed by atoms with Crippen molar-refractivity contribution in [3.8, 4) is 0 Å². The first-order chi connectivity index (χ1) is 4.09. The van der Waals surface area contributed by atoms with E-state index in [2.05, 4.69) is 0 Å². The van der Waals surface area contributed by atoms with Gasteiger partial charge in [0.1, 0.15) is 12.2 Å². The third-order valence-electron chi connectivity index (χ3n) is 0.968. The highest BCUT2D eigenvalue weighted by Gasteiger charge is 2.18. The van der Waals surface area contributed by atoms with E-state index in [4.69, 9.17) is 15.3 Å². The molecule has 0 heterocycles. The lowest BCUT2D eigenvalue weighted by molar-refractivity contribution is -0.132. The molecule has 54 valence electrons. The number of rotatable bonds is 3. The summed E-state index contributed by atoms with van der Waals surface area (Å²) in [6, 6.07) is 0. The minimum absolute atomic E-state index is 0.545. The molecule has 0 aliphatic carbocycles. The lowest BCUT2D eigenvalue weighted by atomic mass is 10.1. The number of hydrogen-bond acceptors (Lipinski definition) is 4. The van der Waals surface area contributed by atoms with Crippen LogP contribution in [0.1, 0.15) is 6.92 Å². The molecule has 0 radical (unpaired) electrons. The van der Waals surface area contributed by atoms with Gasteiger partial charge in [-0.2, -0.15) is 0 Å². The van der Waals surface area contributed by atoms with Gasteiger partial charge in [0.05, 0.1) is 6.61 Å². The molecule has 0 spiro atoms. The summed E-state index contributed by atoms with van der Waals surface area (Å²) in [5, 5.41) is 25.4. The number of carbonyl (C=O) groups is 1. The molecule has 2 atom stereocenters. The van der Waals surface area contributed by atoms with Gasteiger partial charge in [0.15, 0.2) is 5.78 Å². The molecular weight excluding hydrogens is 124 g/mol. The van der Waals surface area contributed by atoms with E-state index in [1.807, 2.05) is 0 Å². The third-order valence-corrected chi connectivity index (χ3v) is 0.968.